The fourth-order valence-corrected chi connectivity index (χ4v) is 4.73. The van der Waals surface area contributed by atoms with Crippen molar-refractivity contribution in [3.05, 3.63) is 69.8 Å². The largest absolute Gasteiger partial charge is 0.376 e. The molecule has 0 bridgehead atoms. The van der Waals surface area contributed by atoms with Crippen molar-refractivity contribution in [2.75, 3.05) is 13.2 Å². The predicted molar refractivity (Wildman–Crippen MR) is 128 cm³/mol. The van der Waals surface area contributed by atoms with Gasteiger partial charge in [-0.3, -0.25) is 14.2 Å². The molecule has 2 aromatic carbocycles. The standard InChI is InChI=1S/C25H28FN3O3S/c1-16(2)13-27-23(30)18-8-9-21-22(12-18)28-25(33-15-17-5-3-6-19(26)11-17)29(24(21)31)14-20-7-4-10-32-20/h3,5-6,8-9,11-12,16,20H,4,7,10,13-15H2,1-2H3,(H,27,30)/t20-/m1/s1. The lowest BCUT2D eigenvalue weighted by atomic mass is 10.1. The fraction of sp³-hybridized carbons (Fsp3) is 0.400. The predicted octanol–water partition coefficient (Wildman–Crippen LogP) is 4.39. The molecule has 1 aromatic heterocycles. The highest BCUT2D eigenvalue weighted by molar-refractivity contribution is 7.98. The van der Waals surface area contributed by atoms with E-state index in [-0.39, 0.29) is 23.4 Å². The molecule has 1 aliphatic rings. The number of ether oxygens (including phenoxy) is 1. The lowest BCUT2D eigenvalue weighted by Gasteiger charge is -2.17. The van der Waals surface area contributed by atoms with Gasteiger partial charge < -0.3 is 10.1 Å². The third kappa shape index (κ3) is 5.81. The van der Waals surface area contributed by atoms with Gasteiger partial charge >= 0.3 is 0 Å². The van der Waals surface area contributed by atoms with Crippen molar-refractivity contribution in [3.8, 4) is 0 Å². The second-order valence-electron chi connectivity index (χ2n) is 8.70. The SMILES string of the molecule is CC(C)CNC(=O)c1ccc2c(=O)n(C[C@H]3CCCO3)c(SCc3cccc(F)c3)nc2c1. The number of rotatable bonds is 8. The zero-order valence-electron chi connectivity index (χ0n) is 18.8. The first-order valence-corrected chi connectivity index (χ1v) is 12.2. The van der Waals surface area contributed by atoms with Crippen molar-refractivity contribution in [1.29, 1.82) is 0 Å². The van der Waals surface area contributed by atoms with Crippen LogP contribution in [0.2, 0.25) is 0 Å². The minimum Gasteiger partial charge on any atom is -0.376 e. The summed E-state index contributed by atoms with van der Waals surface area (Å²) >= 11 is 1.38. The van der Waals surface area contributed by atoms with Gasteiger partial charge in [0, 0.05) is 24.5 Å². The Bertz CT molecular complexity index is 1210. The summed E-state index contributed by atoms with van der Waals surface area (Å²) in [6, 6.07) is 11.4. The molecule has 1 fully saturated rings. The van der Waals surface area contributed by atoms with Crippen molar-refractivity contribution >= 4 is 28.6 Å². The number of amides is 1. The van der Waals surface area contributed by atoms with Crippen LogP contribution in [-0.2, 0) is 17.0 Å². The van der Waals surface area contributed by atoms with Gasteiger partial charge in [-0.2, -0.15) is 0 Å². The van der Waals surface area contributed by atoms with Crippen LogP contribution in [0, 0.1) is 11.7 Å². The summed E-state index contributed by atoms with van der Waals surface area (Å²) in [5, 5.41) is 3.89. The Morgan fingerprint density at radius 3 is 2.88 bits per heavy atom. The number of halogens is 1. The molecule has 174 valence electrons. The van der Waals surface area contributed by atoms with Crippen molar-refractivity contribution in [3.63, 3.8) is 0 Å². The van der Waals surface area contributed by atoms with Crippen LogP contribution in [0.3, 0.4) is 0 Å². The summed E-state index contributed by atoms with van der Waals surface area (Å²) in [6.07, 6.45) is 1.84. The molecule has 2 heterocycles. The number of carbonyl (C=O) groups is 1. The van der Waals surface area contributed by atoms with Gasteiger partial charge in [0.2, 0.25) is 0 Å². The number of aromatic nitrogens is 2. The maximum atomic E-state index is 13.6. The third-order valence-corrected chi connectivity index (χ3v) is 6.57. The number of nitrogens with one attached hydrogen (secondary N) is 1. The van der Waals surface area contributed by atoms with E-state index in [1.807, 2.05) is 19.9 Å². The van der Waals surface area contributed by atoms with Crippen LogP contribution in [0.4, 0.5) is 4.39 Å². The monoisotopic (exact) mass is 469 g/mol. The molecule has 8 heteroatoms. The summed E-state index contributed by atoms with van der Waals surface area (Å²) in [5.74, 6) is 0.317. The molecule has 0 radical (unpaired) electrons. The summed E-state index contributed by atoms with van der Waals surface area (Å²) in [7, 11) is 0. The van der Waals surface area contributed by atoms with Gasteiger partial charge in [0.05, 0.1) is 23.6 Å². The van der Waals surface area contributed by atoms with E-state index >= 15 is 0 Å². The number of nitrogens with zero attached hydrogens (tertiary/aromatic N) is 2. The first-order chi connectivity index (χ1) is 15.9. The number of carbonyl (C=O) groups excluding carboxylic acids is 1. The van der Waals surface area contributed by atoms with Gasteiger partial charge in [0.1, 0.15) is 5.82 Å². The van der Waals surface area contributed by atoms with Gasteiger partial charge in [-0.05, 0) is 54.7 Å². The van der Waals surface area contributed by atoms with E-state index in [1.54, 1.807) is 28.8 Å². The average Bonchev–Trinajstić information content (AvgIpc) is 3.31. The van der Waals surface area contributed by atoms with E-state index in [4.69, 9.17) is 9.72 Å². The van der Waals surface area contributed by atoms with Crippen LogP contribution in [-0.4, -0.2) is 34.7 Å². The highest BCUT2D eigenvalue weighted by Crippen LogP contribution is 2.25. The van der Waals surface area contributed by atoms with Crippen LogP contribution in [0.1, 0.15) is 42.6 Å². The van der Waals surface area contributed by atoms with Gasteiger partial charge in [-0.25, -0.2) is 9.37 Å². The molecule has 6 nitrogen and oxygen atoms in total. The molecule has 1 amide bonds. The molecular weight excluding hydrogens is 441 g/mol. The smallest absolute Gasteiger partial charge is 0.262 e. The summed E-state index contributed by atoms with van der Waals surface area (Å²) in [4.78, 5) is 30.7. The van der Waals surface area contributed by atoms with Crippen LogP contribution in [0.25, 0.3) is 10.9 Å². The van der Waals surface area contributed by atoms with E-state index in [2.05, 4.69) is 5.32 Å². The first-order valence-electron chi connectivity index (χ1n) is 11.2. The molecule has 1 N–H and O–H groups in total. The van der Waals surface area contributed by atoms with E-state index < -0.39 is 0 Å². The Labute approximate surface area is 196 Å². The number of benzene rings is 2. The lowest BCUT2D eigenvalue weighted by Crippen LogP contribution is -2.29. The Kier molecular flexibility index (Phi) is 7.45. The van der Waals surface area contributed by atoms with Gasteiger partial charge in [0.25, 0.3) is 11.5 Å². The Morgan fingerprint density at radius 1 is 1.30 bits per heavy atom. The van der Waals surface area contributed by atoms with E-state index in [1.165, 1.54) is 23.9 Å². The second-order valence-corrected chi connectivity index (χ2v) is 9.64. The average molecular weight is 470 g/mol. The Balaban J connectivity index is 1.68. The summed E-state index contributed by atoms with van der Waals surface area (Å²) in [5.41, 5.74) is 1.58. The minimum atomic E-state index is -0.298. The van der Waals surface area contributed by atoms with Crippen LogP contribution >= 0.6 is 11.8 Å². The maximum absolute atomic E-state index is 13.6. The molecule has 0 unspecified atom stereocenters. The van der Waals surface area contributed by atoms with E-state index in [0.29, 0.717) is 53.0 Å². The van der Waals surface area contributed by atoms with Gasteiger partial charge in [-0.15, -0.1) is 0 Å². The highest BCUT2D eigenvalue weighted by atomic mass is 32.2. The zero-order valence-corrected chi connectivity index (χ0v) is 19.7. The molecule has 3 aromatic rings. The zero-order chi connectivity index (χ0) is 23.4. The molecular formula is C25H28FN3O3S. The van der Waals surface area contributed by atoms with Gasteiger partial charge in [0.15, 0.2) is 5.16 Å². The van der Waals surface area contributed by atoms with Gasteiger partial charge in [-0.1, -0.05) is 37.7 Å². The fourth-order valence-electron chi connectivity index (χ4n) is 3.78. The van der Waals surface area contributed by atoms with Crippen LogP contribution < -0.4 is 10.9 Å². The molecule has 0 spiro atoms. The lowest BCUT2D eigenvalue weighted by molar-refractivity contribution is 0.0937. The third-order valence-electron chi connectivity index (χ3n) is 5.52. The minimum absolute atomic E-state index is 0.0310. The number of thioether (sulfide) groups is 1. The summed E-state index contributed by atoms with van der Waals surface area (Å²) in [6.45, 7) is 5.74. The van der Waals surface area contributed by atoms with E-state index in [9.17, 15) is 14.0 Å². The second kappa shape index (κ2) is 10.5. The Morgan fingerprint density at radius 2 is 2.15 bits per heavy atom. The van der Waals surface area contributed by atoms with Crippen LogP contribution in [0.5, 0.6) is 0 Å². The van der Waals surface area contributed by atoms with Crippen molar-refractivity contribution in [2.24, 2.45) is 5.92 Å². The molecule has 4 rings (SSSR count). The molecule has 0 aliphatic carbocycles. The number of fused-ring (bicyclic) bond motifs is 1. The van der Waals surface area contributed by atoms with Crippen molar-refractivity contribution < 1.29 is 13.9 Å². The molecule has 33 heavy (non-hydrogen) atoms. The summed E-state index contributed by atoms with van der Waals surface area (Å²) < 4.78 is 21.0. The molecule has 1 saturated heterocycles. The Hall–Kier alpha value is -2.71. The molecule has 1 atom stereocenters. The van der Waals surface area contributed by atoms with Crippen molar-refractivity contribution in [1.82, 2.24) is 14.9 Å². The first kappa shape index (κ1) is 23.4. The maximum Gasteiger partial charge on any atom is 0.262 e. The number of hydrogen-bond donors (Lipinski definition) is 1. The topological polar surface area (TPSA) is 73.2 Å². The quantitative estimate of drug-likeness (QED) is 0.391. The normalized spacial score (nSPS) is 15.9. The van der Waals surface area contributed by atoms with E-state index in [0.717, 1.165) is 18.4 Å². The highest BCUT2D eigenvalue weighted by Gasteiger charge is 2.21. The van der Waals surface area contributed by atoms with Crippen LogP contribution in [0.15, 0.2) is 52.4 Å². The molecule has 1 aliphatic heterocycles. The number of hydrogen-bond acceptors (Lipinski definition) is 5. The van der Waals surface area contributed by atoms with Crippen molar-refractivity contribution in [2.45, 2.75) is 50.2 Å². The molecule has 0 saturated carbocycles.